The van der Waals surface area contributed by atoms with E-state index >= 15 is 0 Å². The zero-order chi connectivity index (χ0) is 23.5. The van der Waals surface area contributed by atoms with E-state index < -0.39 is 0 Å². The lowest BCUT2D eigenvalue weighted by molar-refractivity contribution is 0.814. The van der Waals surface area contributed by atoms with Gasteiger partial charge in [-0.25, -0.2) is 0 Å². The molecule has 4 aromatic rings. The van der Waals surface area contributed by atoms with Crippen LogP contribution in [0, 0.1) is 0 Å². The number of hydrogen-bond acceptors (Lipinski definition) is 0. The molecule has 0 unspecified atom stereocenters. The molecule has 0 nitrogen and oxygen atoms in total. The molecular formula is C33H36. The predicted molar refractivity (Wildman–Crippen MR) is 145 cm³/mol. The van der Waals surface area contributed by atoms with E-state index in [0.717, 1.165) is 0 Å². The Balaban J connectivity index is 2.31. The lowest BCUT2D eigenvalue weighted by atomic mass is 9.72. The molecule has 0 amide bonds. The highest BCUT2D eigenvalue weighted by atomic mass is 14.3. The summed E-state index contributed by atoms with van der Waals surface area (Å²) in [5, 5.41) is 0. The van der Waals surface area contributed by atoms with Crippen LogP contribution in [-0.4, -0.2) is 0 Å². The molecule has 0 bridgehead atoms. The molecule has 0 saturated heterocycles. The van der Waals surface area contributed by atoms with Crippen molar-refractivity contribution in [2.45, 2.75) is 59.3 Å². The first-order chi connectivity index (χ1) is 15.9. The van der Waals surface area contributed by atoms with Gasteiger partial charge >= 0.3 is 0 Å². The first kappa shape index (κ1) is 23.1. The van der Waals surface area contributed by atoms with Crippen molar-refractivity contribution < 1.29 is 0 Å². The maximum Gasteiger partial charge on any atom is -0.0102 e. The van der Waals surface area contributed by atoms with Crippen LogP contribution in [0.25, 0.3) is 33.4 Å². The van der Waals surface area contributed by atoms with E-state index in [1.54, 1.807) is 0 Å². The van der Waals surface area contributed by atoms with Gasteiger partial charge in [-0.1, -0.05) is 133 Å². The first-order valence-electron chi connectivity index (χ1n) is 12.3. The third-order valence-electron chi connectivity index (χ3n) is 6.54. The van der Waals surface area contributed by atoms with E-state index in [1.807, 2.05) is 0 Å². The molecule has 0 saturated carbocycles. The fourth-order valence-electron chi connectivity index (χ4n) is 5.29. The van der Waals surface area contributed by atoms with E-state index in [4.69, 9.17) is 0 Å². The summed E-state index contributed by atoms with van der Waals surface area (Å²) in [7, 11) is 0. The fraction of sp³-hybridized carbons (Fsp3) is 0.273. The third-order valence-corrected chi connectivity index (χ3v) is 6.54. The van der Waals surface area contributed by atoms with Gasteiger partial charge in [0.1, 0.15) is 0 Å². The zero-order valence-electron chi connectivity index (χ0n) is 20.9. The van der Waals surface area contributed by atoms with Crippen LogP contribution in [0.15, 0.2) is 91.0 Å². The minimum Gasteiger partial charge on any atom is -0.0622 e. The molecule has 0 spiro atoms. The number of hydrogen-bond donors (Lipinski definition) is 0. The molecule has 0 atom stereocenters. The molecule has 0 fully saturated rings. The van der Waals surface area contributed by atoms with Crippen LogP contribution >= 0.6 is 0 Å². The van der Waals surface area contributed by atoms with Gasteiger partial charge in [0.05, 0.1) is 0 Å². The average Bonchev–Trinajstić information content (AvgIpc) is 2.83. The molecule has 4 aromatic carbocycles. The first-order valence-corrected chi connectivity index (χ1v) is 12.3. The minimum absolute atomic E-state index is 0.398. The maximum atomic E-state index is 2.35. The molecule has 168 valence electrons. The van der Waals surface area contributed by atoms with Crippen molar-refractivity contribution in [3.8, 4) is 33.4 Å². The van der Waals surface area contributed by atoms with E-state index in [9.17, 15) is 0 Å². The Morgan fingerprint density at radius 3 is 0.727 bits per heavy atom. The van der Waals surface area contributed by atoms with Crippen molar-refractivity contribution in [2.24, 2.45) is 0 Å². The van der Waals surface area contributed by atoms with Gasteiger partial charge in [0, 0.05) is 0 Å². The summed E-state index contributed by atoms with van der Waals surface area (Å²) in [6, 6.07) is 33.1. The van der Waals surface area contributed by atoms with Crippen LogP contribution in [-0.2, 0) is 0 Å². The molecule has 0 aromatic heterocycles. The quantitative estimate of drug-likeness (QED) is 0.284. The summed E-state index contributed by atoms with van der Waals surface area (Å²) in [5.74, 6) is 1.20. The van der Waals surface area contributed by atoms with Crippen molar-refractivity contribution in [2.75, 3.05) is 0 Å². The Bertz CT molecular complexity index is 1020. The summed E-state index contributed by atoms with van der Waals surface area (Å²) in [6.45, 7) is 14.1. The maximum absolute atomic E-state index is 2.35. The van der Waals surface area contributed by atoms with Gasteiger partial charge in [0.2, 0.25) is 0 Å². The molecular weight excluding hydrogens is 396 g/mol. The molecule has 33 heavy (non-hydrogen) atoms. The van der Waals surface area contributed by atoms with Crippen LogP contribution in [0.2, 0.25) is 0 Å². The van der Waals surface area contributed by atoms with Gasteiger partial charge in [0.15, 0.2) is 0 Å². The molecule has 0 heteroatoms. The molecule has 0 heterocycles. The molecule has 0 N–H and O–H groups in total. The molecule has 4 rings (SSSR count). The molecule has 0 aliphatic rings. The minimum atomic E-state index is 0.398. The summed E-state index contributed by atoms with van der Waals surface area (Å²) >= 11 is 0. The fourth-order valence-corrected chi connectivity index (χ4v) is 5.29. The Labute approximate surface area is 200 Å². The van der Waals surface area contributed by atoms with E-state index in [-0.39, 0.29) is 0 Å². The van der Waals surface area contributed by atoms with Crippen molar-refractivity contribution in [3.63, 3.8) is 0 Å². The lowest BCUT2D eigenvalue weighted by Crippen LogP contribution is -2.11. The van der Waals surface area contributed by atoms with Gasteiger partial charge in [-0.3, -0.25) is 0 Å². The van der Waals surface area contributed by atoms with Gasteiger partial charge in [-0.15, -0.1) is 0 Å². The second-order valence-corrected chi connectivity index (χ2v) is 9.93. The third kappa shape index (κ3) is 4.40. The monoisotopic (exact) mass is 432 g/mol. The van der Waals surface area contributed by atoms with Crippen molar-refractivity contribution in [1.29, 1.82) is 0 Å². The highest BCUT2D eigenvalue weighted by molar-refractivity contribution is 5.93. The standard InChI is InChI=1S/C33H36/c1-22(2)28-31(25-16-10-7-11-17-25)29(23(3)4)33(27-20-14-9-15-21-27)30(24(5)6)32(28)26-18-12-8-13-19-26/h7-24H,1-6H3. The lowest BCUT2D eigenvalue weighted by Gasteiger charge is -2.32. The SMILES string of the molecule is CC(C)c1c(-c2ccccc2)c(C(C)C)c(-c2ccccc2)c(C(C)C)c1-c1ccccc1. The molecule has 0 radical (unpaired) electrons. The summed E-state index contributed by atoms with van der Waals surface area (Å²) < 4.78 is 0. The van der Waals surface area contributed by atoms with Crippen molar-refractivity contribution in [3.05, 3.63) is 108 Å². The summed E-state index contributed by atoms with van der Waals surface area (Å²) in [4.78, 5) is 0. The van der Waals surface area contributed by atoms with Gasteiger partial charge in [0.25, 0.3) is 0 Å². The second-order valence-electron chi connectivity index (χ2n) is 9.93. The van der Waals surface area contributed by atoms with Crippen LogP contribution in [0.5, 0.6) is 0 Å². The zero-order valence-corrected chi connectivity index (χ0v) is 20.9. The summed E-state index contributed by atoms with van der Waals surface area (Å²) in [6.07, 6.45) is 0. The van der Waals surface area contributed by atoms with E-state index in [2.05, 4.69) is 133 Å². The van der Waals surface area contributed by atoms with Crippen molar-refractivity contribution >= 4 is 0 Å². The Hall–Kier alpha value is -3.12. The van der Waals surface area contributed by atoms with Crippen LogP contribution in [0.4, 0.5) is 0 Å². The van der Waals surface area contributed by atoms with Crippen LogP contribution in [0.3, 0.4) is 0 Å². The average molecular weight is 433 g/mol. The smallest absolute Gasteiger partial charge is 0.0102 e. The molecule has 0 aliphatic heterocycles. The van der Waals surface area contributed by atoms with Gasteiger partial charge in [-0.2, -0.15) is 0 Å². The van der Waals surface area contributed by atoms with E-state index in [1.165, 1.54) is 50.1 Å². The second kappa shape index (κ2) is 9.79. The Kier molecular flexibility index (Phi) is 6.84. The Morgan fingerprint density at radius 2 is 0.545 bits per heavy atom. The highest BCUT2D eigenvalue weighted by Gasteiger charge is 2.29. The van der Waals surface area contributed by atoms with Gasteiger partial charge in [-0.05, 0) is 67.8 Å². The van der Waals surface area contributed by atoms with Gasteiger partial charge < -0.3 is 0 Å². The topological polar surface area (TPSA) is 0 Å². The van der Waals surface area contributed by atoms with Crippen LogP contribution < -0.4 is 0 Å². The molecule has 0 aliphatic carbocycles. The number of benzene rings is 4. The van der Waals surface area contributed by atoms with E-state index in [0.29, 0.717) is 17.8 Å². The Morgan fingerprint density at radius 1 is 0.333 bits per heavy atom. The predicted octanol–water partition coefficient (Wildman–Crippen LogP) is 10.1. The normalized spacial score (nSPS) is 11.5. The van der Waals surface area contributed by atoms with Crippen LogP contribution in [0.1, 0.15) is 76.0 Å². The highest BCUT2D eigenvalue weighted by Crippen LogP contribution is 2.51. The summed E-state index contributed by atoms with van der Waals surface area (Å²) in [5.41, 5.74) is 12.6. The van der Waals surface area contributed by atoms with Crippen molar-refractivity contribution in [1.82, 2.24) is 0 Å². The number of rotatable bonds is 6. The largest absolute Gasteiger partial charge is 0.0622 e.